The van der Waals surface area contributed by atoms with Gasteiger partial charge in [-0.25, -0.2) is 4.52 Å². The summed E-state index contributed by atoms with van der Waals surface area (Å²) in [6.45, 7) is 0. The Hall–Kier alpha value is -2.50. The minimum absolute atomic E-state index is 0.234. The Morgan fingerprint density at radius 2 is 2.19 bits per heavy atom. The van der Waals surface area contributed by atoms with Gasteiger partial charge in [0, 0.05) is 30.4 Å². The highest BCUT2D eigenvalue weighted by molar-refractivity contribution is 5.73. The number of aromatic nitrogens is 5. The van der Waals surface area contributed by atoms with Crippen LogP contribution in [0.5, 0.6) is 0 Å². The van der Waals surface area contributed by atoms with E-state index in [9.17, 15) is 0 Å². The van der Waals surface area contributed by atoms with Crippen molar-refractivity contribution in [1.82, 2.24) is 24.6 Å². The van der Waals surface area contributed by atoms with Crippen LogP contribution in [0.15, 0.2) is 36.9 Å². The van der Waals surface area contributed by atoms with Gasteiger partial charge < -0.3 is 5.73 Å². The molecule has 0 spiro atoms. The Morgan fingerprint density at radius 1 is 1.25 bits per heavy atom. The third kappa shape index (κ3) is 1.28. The fourth-order valence-corrected chi connectivity index (χ4v) is 1.54. The monoisotopic (exact) mass is 212 g/mol. The van der Waals surface area contributed by atoms with E-state index in [2.05, 4.69) is 20.1 Å². The summed E-state index contributed by atoms with van der Waals surface area (Å²) >= 11 is 0. The van der Waals surface area contributed by atoms with Crippen molar-refractivity contribution in [2.75, 3.05) is 5.73 Å². The quantitative estimate of drug-likeness (QED) is 0.644. The van der Waals surface area contributed by atoms with Gasteiger partial charge in [-0.2, -0.15) is 4.98 Å². The Morgan fingerprint density at radius 3 is 3.00 bits per heavy atom. The molecule has 0 unspecified atom stereocenters. The van der Waals surface area contributed by atoms with Crippen molar-refractivity contribution in [2.45, 2.75) is 0 Å². The molecule has 0 aromatic carbocycles. The van der Waals surface area contributed by atoms with E-state index in [1.54, 1.807) is 29.3 Å². The number of hydrogen-bond acceptors (Lipinski definition) is 5. The fourth-order valence-electron chi connectivity index (χ4n) is 1.54. The summed E-state index contributed by atoms with van der Waals surface area (Å²) in [6.07, 6.45) is 6.80. The van der Waals surface area contributed by atoms with Crippen molar-refractivity contribution in [3.63, 3.8) is 0 Å². The second kappa shape index (κ2) is 3.27. The zero-order valence-corrected chi connectivity index (χ0v) is 8.28. The summed E-state index contributed by atoms with van der Waals surface area (Å²) in [5.41, 5.74) is 7.79. The molecule has 3 aromatic rings. The number of rotatable bonds is 1. The van der Waals surface area contributed by atoms with E-state index in [1.165, 1.54) is 0 Å². The Labute approximate surface area is 90.8 Å². The summed E-state index contributed by atoms with van der Waals surface area (Å²) in [5, 5.41) is 4.02. The fraction of sp³-hybridized carbons (Fsp3) is 0. The first-order valence-electron chi connectivity index (χ1n) is 4.72. The van der Waals surface area contributed by atoms with Gasteiger partial charge in [0.05, 0.1) is 0 Å². The van der Waals surface area contributed by atoms with Gasteiger partial charge in [0.25, 0.3) is 0 Å². The summed E-state index contributed by atoms with van der Waals surface area (Å²) in [5.74, 6) is 0.234. The number of nitrogens with two attached hydrogens (primary N) is 1. The number of hydrogen-bond donors (Lipinski definition) is 1. The van der Waals surface area contributed by atoms with Crippen molar-refractivity contribution >= 4 is 11.6 Å². The van der Waals surface area contributed by atoms with Gasteiger partial charge in [-0.05, 0) is 12.1 Å². The first-order chi connectivity index (χ1) is 7.84. The molecule has 0 fully saturated rings. The molecule has 6 nitrogen and oxygen atoms in total. The summed E-state index contributed by atoms with van der Waals surface area (Å²) < 4.78 is 1.60. The van der Waals surface area contributed by atoms with Crippen LogP contribution in [0.1, 0.15) is 0 Å². The van der Waals surface area contributed by atoms with Gasteiger partial charge in [-0.15, -0.1) is 5.10 Å². The molecule has 3 heterocycles. The SMILES string of the molecule is Nc1nc2c(-c3cccnc3)nccn2n1. The third-order valence-corrected chi connectivity index (χ3v) is 2.21. The maximum Gasteiger partial charge on any atom is 0.240 e. The molecule has 6 heteroatoms. The molecule has 2 N–H and O–H groups in total. The second-order valence-electron chi connectivity index (χ2n) is 3.26. The zero-order chi connectivity index (χ0) is 11.0. The summed E-state index contributed by atoms with van der Waals surface area (Å²) in [6, 6.07) is 3.76. The molecule has 0 aliphatic carbocycles. The van der Waals surface area contributed by atoms with Gasteiger partial charge in [-0.3, -0.25) is 9.97 Å². The van der Waals surface area contributed by atoms with Crippen LogP contribution < -0.4 is 5.73 Å². The Kier molecular flexibility index (Phi) is 1.79. The molecule has 0 saturated heterocycles. The predicted octanol–water partition coefficient (Wildman–Crippen LogP) is 0.768. The molecule has 0 atom stereocenters. The molecule has 3 rings (SSSR count). The molecule has 3 aromatic heterocycles. The van der Waals surface area contributed by atoms with E-state index in [0.29, 0.717) is 5.65 Å². The molecule has 16 heavy (non-hydrogen) atoms. The Balaban J connectivity index is 2.31. The number of pyridine rings is 1. The van der Waals surface area contributed by atoms with Crippen LogP contribution in [0.3, 0.4) is 0 Å². The van der Waals surface area contributed by atoms with Gasteiger partial charge >= 0.3 is 0 Å². The second-order valence-corrected chi connectivity index (χ2v) is 3.26. The maximum atomic E-state index is 5.55. The van der Waals surface area contributed by atoms with E-state index >= 15 is 0 Å². The van der Waals surface area contributed by atoms with E-state index in [-0.39, 0.29) is 5.95 Å². The molecule has 0 saturated carbocycles. The van der Waals surface area contributed by atoms with Crippen LogP contribution in [0, 0.1) is 0 Å². The van der Waals surface area contributed by atoms with E-state index < -0.39 is 0 Å². The lowest BCUT2D eigenvalue weighted by molar-refractivity contribution is 0.953. The van der Waals surface area contributed by atoms with Crippen LogP contribution in [0.4, 0.5) is 5.95 Å². The molecule has 0 aliphatic heterocycles. The first-order valence-corrected chi connectivity index (χ1v) is 4.72. The topological polar surface area (TPSA) is 82.0 Å². The third-order valence-electron chi connectivity index (χ3n) is 2.21. The number of fused-ring (bicyclic) bond motifs is 1. The first kappa shape index (κ1) is 8.78. The highest BCUT2D eigenvalue weighted by atomic mass is 15.3. The molecule has 78 valence electrons. The minimum atomic E-state index is 0.234. The molecule has 0 aliphatic rings. The standard InChI is InChI=1S/C10H8N6/c11-10-14-9-8(7-2-1-3-12-6-7)13-4-5-16(9)15-10/h1-6H,(H2,11,15). The number of nitrogen functional groups attached to an aromatic ring is 1. The average molecular weight is 212 g/mol. The molecule has 0 bridgehead atoms. The van der Waals surface area contributed by atoms with Crippen molar-refractivity contribution in [1.29, 1.82) is 0 Å². The molecule has 0 radical (unpaired) electrons. The highest BCUT2D eigenvalue weighted by Crippen LogP contribution is 2.19. The van der Waals surface area contributed by atoms with E-state index in [4.69, 9.17) is 5.73 Å². The average Bonchev–Trinajstić information content (AvgIpc) is 2.70. The lowest BCUT2D eigenvalue weighted by Crippen LogP contribution is -1.93. The maximum absolute atomic E-state index is 5.55. The van der Waals surface area contributed by atoms with Crippen LogP contribution in [0.25, 0.3) is 16.9 Å². The minimum Gasteiger partial charge on any atom is -0.366 e. The molecule has 0 amide bonds. The number of anilines is 1. The van der Waals surface area contributed by atoms with Gasteiger partial charge in [-0.1, -0.05) is 0 Å². The van der Waals surface area contributed by atoms with E-state index in [1.807, 2.05) is 12.1 Å². The van der Waals surface area contributed by atoms with Crippen LogP contribution in [-0.4, -0.2) is 24.6 Å². The van der Waals surface area contributed by atoms with Crippen LogP contribution in [-0.2, 0) is 0 Å². The van der Waals surface area contributed by atoms with Crippen molar-refractivity contribution in [3.05, 3.63) is 36.9 Å². The molecular formula is C10H8N6. The largest absolute Gasteiger partial charge is 0.366 e. The predicted molar refractivity (Wildman–Crippen MR) is 58.4 cm³/mol. The zero-order valence-electron chi connectivity index (χ0n) is 8.28. The van der Waals surface area contributed by atoms with Gasteiger partial charge in [0.2, 0.25) is 5.95 Å². The van der Waals surface area contributed by atoms with Crippen LogP contribution in [0.2, 0.25) is 0 Å². The molecular weight excluding hydrogens is 204 g/mol. The van der Waals surface area contributed by atoms with Crippen molar-refractivity contribution in [3.8, 4) is 11.3 Å². The smallest absolute Gasteiger partial charge is 0.240 e. The lowest BCUT2D eigenvalue weighted by Gasteiger charge is -1.99. The van der Waals surface area contributed by atoms with Gasteiger partial charge in [0.1, 0.15) is 5.69 Å². The Bertz CT molecular complexity index is 630. The number of nitrogens with zero attached hydrogens (tertiary/aromatic N) is 5. The normalized spacial score (nSPS) is 10.8. The van der Waals surface area contributed by atoms with Crippen molar-refractivity contribution in [2.24, 2.45) is 0 Å². The van der Waals surface area contributed by atoms with Gasteiger partial charge in [0.15, 0.2) is 5.65 Å². The summed E-state index contributed by atoms with van der Waals surface area (Å²) in [7, 11) is 0. The van der Waals surface area contributed by atoms with E-state index in [0.717, 1.165) is 11.3 Å². The van der Waals surface area contributed by atoms with Crippen molar-refractivity contribution < 1.29 is 0 Å². The summed E-state index contributed by atoms with van der Waals surface area (Å²) in [4.78, 5) is 12.4. The van der Waals surface area contributed by atoms with Crippen LogP contribution >= 0.6 is 0 Å². The lowest BCUT2D eigenvalue weighted by atomic mass is 10.2. The highest BCUT2D eigenvalue weighted by Gasteiger charge is 2.08.